The fraction of sp³-hybridized carbons (Fsp3) is 0.588. The smallest absolute Gasteiger partial charge is 0.258 e. The summed E-state index contributed by atoms with van der Waals surface area (Å²) >= 11 is 0. The van der Waals surface area contributed by atoms with E-state index in [4.69, 9.17) is 9.47 Å². The van der Waals surface area contributed by atoms with E-state index >= 15 is 0 Å². The van der Waals surface area contributed by atoms with Crippen LogP contribution >= 0.6 is 0 Å². The number of ether oxygens (including phenoxy) is 2. The van der Waals surface area contributed by atoms with Crippen LogP contribution in [-0.4, -0.2) is 46.2 Å². The van der Waals surface area contributed by atoms with E-state index < -0.39 is 10.0 Å². The Morgan fingerprint density at radius 2 is 2.16 bits per heavy atom. The molecular weight excluding hydrogens is 344 g/mol. The van der Waals surface area contributed by atoms with Crippen LogP contribution < -0.4 is 14.8 Å². The zero-order chi connectivity index (χ0) is 18.4. The van der Waals surface area contributed by atoms with Crippen LogP contribution in [-0.2, 0) is 19.6 Å². The van der Waals surface area contributed by atoms with E-state index in [0.29, 0.717) is 17.9 Å². The van der Waals surface area contributed by atoms with E-state index in [9.17, 15) is 13.2 Å². The van der Waals surface area contributed by atoms with Crippen molar-refractivity contribution < 1.29 is 22.7 Å². The van der Waals surface area contributed by atoms with Gasteiger partial charge in [-0.25, -0.2) is 13.1 Å². The monoisotopic (exact) mass is 370 g/mol. The van der Waals surface area contributed by atoms with Crippen LogP contribution in [0.3, 0.4) is 0 Å². The van der Waals surface area contributed by atoms with Gasteiger partial charge in [-0.3, -0.25) is 4.79 Å². The first-order valence-electron chi connectivity index (χ1n) is 8.42. The van der Waals surface area contributed by atoms with Crippen LogP contribution in [0.15, 0.2) is 23.1 Å². The van der Waals surface area contributed by atoms with Crippen molar-refractivity contribution in [1.82, 2.24) is 10.0 Å². The summed E-state index contributed by atoms with van der Waals surface area (Å²) in [5, 5.41) is 2.78. The highest BCUT2D eigenvalue weighted by Gasteiger charge is 2.18. The normalized spacial score (nSPS) is 17.7. The summed E-state index contributed by atoms with van der Waals surface area (Å²) < 4.78 is 37.8. The molecule has 1 aromatic rings. The maximum atomic E-state index is 12.2. The highest BCUT2D eigenvalue weighted by Crippen LogP contribution is 2.22. The summed E-state index contributed by atoms with van der Waals surface area (Å²) in [7, 11) is -3.55. The van der Waals surface area contributed by atoms with Crippen molar-refractivity contribution in [3.05, 3.63) is 23.8 Å². The summed E-state index contributed by atoms with van der Waals surface area (Å²) in [5.41, 5.74) is 0.651. The number of nitrogens with one attached hydrogen (secondary N) is 2. The predicted octanol–water partition coefficient (Wildman–Crippen LogP) is 1.36. The Bertz CT molecular complexity index is 697. The first kappa shape index (κ1) is 19.7. The van der Waals surface area contributed by atoms with Gasteiger partial charge >= 0.3 is 0 Å². The van der Waals surface area contributed by atoms with Gasteiger partial charge in [0, 0.05) is 19.2 Å². The van der Waals surface area contributed by atoms with Crippen molar-refractivity contribution in [3.63, 3.8) is 0 Å². The van der Waals surface area contributed by atoms with E-state index in [0.717, 1.165) is 19.4 Å². The zero-order valence-corrected chi connectivity index (χ0v) is 15.7. The van der Waals surface area contributed by atoms with E-state index in [1.807, 2.05) is 0 Å². The van der Waals surface area contributed by atoms with Crippen LogP contribution in [0.4, 0.5) is 0 Å². The molecule has 1 aliphatic heterocycles. The molecule has 0 saturated carbocycles. The van der Waals surface area contributed by atoms with Crippen molar-refractivity contribution in [3.8, 4) is 5.75 Å². The number of hydrogen-bond donors (Lipinski definition) is 2. The second-order valence-corrected chi connectivity index (χ2v) is 8.15. The lowest BCUT2D eigenvalue weighted by Gasteiger charge is -2.14. The molecular formula is C17H26N2O5S. The fourth-order valence-electron chi connectivity index (χ4n) is 2.56. The first-order valence-corrected chi connectivity index (χ1v) is 9.90. The number of carbonyl (C=O) groups is 1. The molecule has 25 heavy (non-hydrogen) atoms. The van der Waals surface area contributed by atoms with Crippen LogP contribution in [0.2, 0.25) is 0 Å². The topological polar surface area (TPSA) is 93.7 Å². The largest absolute Gasteiger partial charge is 0.484 e. The third-order valence-electron chi connectivity index (χ3n) is 3.76. The van der Waals surface area contributed by atoms with E-state index in [-0.39, 0.29) is 29.6 Å². The van der Waals surface area contributed by atoms with Gasteiger partial charge in [-0.15, -0.1) is 0 Å². The molecule has 1 atom stereocenters. The van der Waals surface area contributed by atoms with Gasteiger partial charge in [-0.1, -0.05) is 0 Å². The highest BCUT2D eigenvalue weighted by molar-refractivity contribution is 7.89. The molecule has 140 valence electrons. The molecule has 0 radical (unpaired) electrons. The van der Waals surface area contributed by atoms with Crippen LogP contribution in [0.25, 0.3) is 0 Å². The molecule has 0 aliphatic carbocycles. The van der Waals surface area contributed by atoms with Gasteiger partial charge in [0.15, 0.2) is 6.61 Å². The minimum atomic E-state index is -3.55. The lowest BCUT2D eigenvalue weighted by molar-refractivity contribution is -0.123. The summed E-state index contributed by atoms with van der Waals surface area (Å²) in [6.45, 7) is 6.38. The molecule has 0 unspecified atom stereocenters. The molecule has 1 fully saturated rings. The quantitative estimate of drug-likeness (QED) is 0.721. The number of rotatable bonds is 8. The average Bonchev–Trinajstić information content (AvgIpc) is 3.03. The maximum absolute atomic E-state index is 12.2. The van der Waals surface area contributed by atoms with Crippen molar-refractivity contribution in [2.45, 2.75) is 50.7 Å². The van der Waals surface area contributed by atoms with Gasteiger partial charge in [0.2, 0.25) is 10.0 Å². The van der Waals surface area contributed by atoms with Crippen molar-refractivity contribution >= 4 is 15.9 Å². The summed E-state index contributed by atoms with van der Waals surface area (Å²) in [4.78, 5) is 12.0. The lowest BCUT2D eigenvalue weighted by Crippen LogP contribution is -2.35. The number of amides is 1. The fourth-order valence-corrected chi connectivity index (χ4v) is 3.89. The summed E-state index contributed by atoms with van der Waals surface area (Å²) in [5.74, 6) is 0.254. The Labute approximate surface area is 149 Å². The van der Waals surface area contributed by atoms with Crippen molar-refractivity contribution in [1.29, 1.82) is 0 Å². The number of aryl methyl sites for hydroxylation is 1. The molecule has 2 rings (SSSR count). The van der Waals surface area contributed by atoms with Gasteiger partial charge in [0.1, 0.15) is 5.75 Å². The zero-order valence-electron chi connectivity index (χ0n) is 14.9. The molecule has 0 spiro atoms. The molecule has 1 aromatic carbocycles. The predicted molar refractivity (Wildman–Crippen MR) is 94.1 cm³/mol. The maximum Gasteiger partial charge on any atom is 0.258 e. The molecule has 2 N–H and O–H groups in total. The van der Waals surface area contributed by atoms with Crippen molar-refractivity contribution in [2.75, 3.05) is 19.8 Å². The van der Waals surface area contributed by atoms with Gasteiger partial charge in [0.25, 0.3) is 5.91 Å². The highest BCUT2D eigenvalue weighted by atomic mass is 32.2. The van der Waals surface area contributed by atoms with E-state index in [1.165, 1.54) is 12.1 Å². The molecule has 1 aliphatic rings. The van der Waals surface area contributed by atoms with Crippen molar-refractivity contribution in [2.24, 2.45) is 0 Å². The van der Waals surface area contributed by atoms with E-state index in [1.54, 1.807) is 26.8 Å². The minimum Gasteiger partial charge on any atom is -0.484 e. The Kier molecular flexibility index (Phi) is 6.80. The number of benzene rings is 1. The summed E-state index contributed by atoms with van der Waals surface area (Å²) in [6, 6.07) is 4.38. The Morgan fingerprint density at radius 3 is 2.76 bits per heavy atom. The minimum absolute atomic E-state index is 0.0867. The number of hydrogen-bond acceptors (Lipinski definition) is 5. The average molecular weight is 370 g/mol. The molecule has 1 saturated heterocycles. The Morgan fingerprint density at radius 1 is 1.40 bits per heavy atom. The summed E-state index contributed by atoms with van der Waals surface area (Å²) in [6.07, 6.45) is 2.07. The molecule has 0 aromatic heterocycles. The van der Waals surface area contributed by atoms with Gasteiger partial charge < -0.3 is 14.8 Å². The van der Waals surface area contributed by atoms with Crippen LogP contribution in [0.1, 0.15) is 32.3 Å². The van der Waals surface area contributed by atoms with Gasteiger partial charge in [-0.05, 0) is 57.4 Å². The number of sulfonamides is 1. The molecule has 7 nitrogen and oxygen atoms in total. The Hall–Kier alpha value is -1.64. The third-order valence-corrected chi connectivity index (χ3v) is 5.41. The molecule has 0 bridgehead atoms. The first-order chi connectivity index (χ1) is 11.8. The second kappa shape index (κ2) is 8.64. The lowest BCUT2D eigenvalue weighted by atomic mass is 10.2. The second-order valence-electron chi connectivity index (χ2n) is 6.43. The third kappa shape index (κ3) is 5.98. The molecule has 8 heteroatoms. The number of carbonyl (C=O) groups excluding carboxylic acids is 1. The van der Waals surface area contributed by atoms with E-state index in [2.05, 4.69) is 10.0 Å². The van der Waals surface area contributed by atoms with Crippen LogP contribution in [0, 0.1) is 6.92 Å². The standard InChI is InChI=1S/C17H26N2O5S/c1-12(2)19-25(21,22)15-6-7-16(13(3)9-15)24-11-17(20)18-10-14-5-4-8-23-14/h6-7,9,12,14,19H,4-5,8,10-11H2,1-3H3,(H,18,20)/t14-/m0/s1. The van der Waals surface area contributed by atoms with Gasteiger partial charge in [0.05, 0.1) is 11.0 Å². The Balaban J connectivity index is 1.89. The molecule has 1 amide bonds. The molecule has 1 heterocycles. The van der Waals surface area contributed by atoms with Gasteiger partial charge in [-0.2, -0.15) is 0 Å². The van der Waals surface area contributed by atoms with Crippen LogP contribution in [0.5, 0.6) is 5.75 Å². The SMILES string of the molecule is Cc1cc(S(=O)(=O)NC(C)C)ccc1OCC(=O)NC[C@@H]1CCCO1.